The van der Waals surface area contributed by atoms with E-state index in [0.29, 0.717) is 12.8 Å². The molecule has 24 heavy (non-hydrogen) atoms. The Kier molecular flexibility index (Phi) is 5.30. The van der Waals surface area contributed by atoms with Crippen LogP contribution in [0, 0.1) is 5.92 Å². The largest absolute Gasteiger partial charge is 0.468 e. The molecule has 0 radical (unpaired) electrons. The highest BCUT2D eigenvalue weighted by Gasteiger charge is 2.32. The third kappa shape index (κ3) is 4.59. The van der Waals surface area contributed by atoms with E-state index in [1.807, 2.05) is 6.92 Å². The van der Waals surface area contributed by atoms with E-state index in [1.165, 1.54) is 17.0 Å². The van der Waals surface area contributed by atoms with E-state index in [9.17, 15) is 22.8 Å². The predicted molar refractivity (Wildman–Crippen MR) is 78.2 cm³/mol. The molecule has 0 spiro atoms. The van der Waals surface area contributed by atoms with Crippen LogP contribution in [0.1, 0.15) is 30.1 Å². The van der Waals surface area contributed by atoms with Crippen molar-refractivity contribution in [2.45, 2.75) is 32.0 Å². The first kappa shape index (κ1) is 18.0. The minimum atomic E-state index is -4.46. The number of hydrogen-bond donors (Lipinski definition) is 1. The third-order valence-corrected chi connectivity index (χ3v) is 3.91. The fraction of sp³-hybridized carbons (Fsp3) is 0.533. The summed E-state index contributed by atoms with van der Waals surface area (Å²) in [5.41, 5.74) is 5.52. The molecule has 0 saturated carbocycles. The number of pyridine rings is 1. The van der Waals surface area contributed by atoms with Crippen molar-refractivity contribution in [3.63, 3.8) is 0 Å². The number of ether oxygens (including phenoxy) is 1. The Morgan fingerprint density at radius 3 is 2.62 bits per heavy atom. The lowest BCUT2D eigenvalue weighted by Gasteiger charge is -2.36. The minimum Gasteiger partial charge on any atom is -0.468 e. The number of primary amides is 1. The zero-order valence-electron chi connectivity index (χ0n) is 13.0. The van der Waals surface area contributed by atoms with Crippen molar-refractivity contribution in [2.24, 2.45) is 11.7 Å². The van der Waals surface area contributed by atoms with Crippen molar-refractivity contribution < 1.29 is 27.5 Å². The van der Waals surface area contributed by atoms with Gasteiger partial charge in [0.05, 0.1) is 11.5 Å². The molecule has 0 unspecified atom stereocenters. The van der Waals surface area contributed by atoms with Gasteiger partial charge in [0.1, 0.15) is 0 Å². The monoisotopic (exact) mass is 345 g/mol. The van der Waals surface area contributed by atoms with E-state index in [-0.39, 0.29) is 29.9 Å². The minimum absolute atomic E-state index is 0.0609. The standard InChI is InChI=1S/C15H18F3N3O3/c1-9-2-3-11(13(19)22)7-21(9)14(23)10-4-5-12(20-6-10)24-8-15(16,17)18/h4-6,9,11H,2-3,7-8H2,1H3,(H2,19,22)/t9-,11-/m1/s1. The maximum atomic E-state index is 12.5. The average Bonchev–Trinajstić information content (AvgIpc) is 2.52. The summed E-state index contributed by atoms with van der Waals surface area (Å²) in [5.74, 6) is -1.41. The molecule has 132 valence electrons. The van der Waals surface area contributed by atoms with Crippen LogP contribution in [-0.2, 0) is 4.79 Å². The van der Waals surface area contributed by atoms with Gasteiger partial charge in [-0.2, -0.15) is 13.2 Å². The SMILES string of the molecule is C[C@@H]1CC[C@@H](C(N)=O)CN1C(=O)c1ccc(OCC(F)(F)F)nc1. The van der Waals surface area contributed by atoms with E-state index in [2.05, 4.69) is 9.72 Å². The zero-order chi connectivity index (χ0) is 17.9. The first-order valence-corrected chi connectivity index (χ1v) is 7.43. The Morgan fingerprint density at radius 1 is 1.38 bits per heavy atom. The molecule has 0 aromatic carbocycles. The van der Waals surface area contributed by atoms with Gasteiger partial charge >= 0.3 is 6.18 Å². The summed E-state index contributed by atoms with van der Waals surface area (Å²) in [4.78, 5) is 29.1. The summed E-state index contributed by atoms with van der Waals surface area (Å²) in [6.45, 7) is 0.641. The summed E-state index contributed by atoms with van der Waals surface area (Å²) >= 11 is 0. The van der Waals surface area contributed by atoms with Crippen molar-refractivity contribution in [1.82, 2.24) is 9.88 Å². The fourth-order valence-electron chi connectivity index (χ4n) is 2.54. The molecule has 1 fully saturated rings. The number of nitrogens with two attached hydrogens (primary N) is 1. The number of amides is 2. The number of rotatable bonds is 4. The zero-order valence-corrected chi connectivity index (χ0v) is 13.0. The Bertz CT molecular complexity index is 604. The van der Waals surface area contributed by atoms with Crippen molar-refractivity contribution >= 4 is 11.8 Å². The van der Waals surface area contributed by atoms with Gasteiger partial charge in [-0.15, -0.1) is 0 Å². The van der Waals surface area contributed by atoms with Crippen molar-refractivity contribution in [2.75, 3.05) is 13.2 Å². The summed E-state index contributed by atoms with van der Waals surface area (Å²) in [6, 6.07) is 2.50. The molecule has 2 amide bonds. The molecule has 9 heteroatoms. The Labute approximate surface area is 136 Å². The second-order valence-corrected chi connectivity index (χ2v) is 5.77. The highest BCUT2D eigenvalue weighted by atomic mass is 19.4. The van der Waals surface area contributed by atoms with Crippen LogP contribution in [0.2, 0.25) is 0 Å². The fourth-order valence-corrected chi connectivity index (χ4v) is 2.54. The van der Waals surface area contributed by atoms with Gasteiger partial charge in [-0.1, -0.05) is 0 Å². The van der Waals surface area contributed by atoms with Gasteiger partial charge in [-0.3, -0.25) is 9.59 Å². The van der Waals surface area contributed by atoms with Gasteiger partial charge in [-0.05, 0) is 25.8 Å². The van der Waals surface area contributed by atoms with Crippen LogP contribution in [0.3, 0.4) is 0 Å². The van der Waals surface area contributed by atoms with Crippen LogP contribution < -0.4 is 10.5 Å². The van der Waals surface area contributed by atoms with Crippen LogP contribution in [0.5, 0.6) is 5.88 Å². The predicted octanol–water partition coefficient (Wildman–Crippen LogP) is 1.75. The van der Waals surface area contributed by atoms with E-state index in [1.54, 1.807) is 0 Å². The topological polar surface area (TPSA) is 85.5 Å². The highest BCUT2D eigenvalue weighted by molar-refractivity contribution is 5.94. The number of halogens is 3. The molecule has 1 aromatic rings. The number of carbonyl (C=O) groups excluding carboxylic acids is 2. The van der Waals surface area contributed by atoms with Gasteiger partial charge in [0, 0.05) is 24.8 Å². The molecular formula is C15H18F3N3O3. The Balaban J connectivity index is 2.04. The van der Waals surface area contributed by atoms with Crippen LogP contribution in [0.25, 0.3) is 0 Å². The summed E-state index contributed by atoms with van der Waals surface area (Å²) < 4.78 is 40.8. The van der Waals surface area contributed by atoms with Crippen LogP contribution in [-0.4, -0.2) is 47.1 Å². The first-order chi connectivity index (χ1) is 11.2. The van der Waals surface area contributed by atoms with E-state index < -0.39 is 24.6 Å². The van der Waals surface area contributed by atoms with Crippen molar-refractivity contribution in [1.29, 1.82) is 0 Å². The smallest absolute Gasteiger partial charge is 0.422 e. The van der Waals surface area contributed by atoms with Gasteiger partial charge in [0.2, 0.25) is 11.8 Å². The number of alkyl halides is 3. The number of nitrogens with zero attached hydrogens (tertiary/aromatic N) is 2. The number of piperidine rings is 1. The van der Waals surface area contributed by atoms with Gasteiger partial charge in [0.15, 0.2) is 6.61 Å². The first-order valence-electron chi connectivity index (χ1n) is 7.43. The summed E-state index contributed by atoms with van der Waals surface area (Å²) in [6.07, 6.45) is -2.01. The molecule has 1 aliphatic rings. The second-order valence-electron chi connectivity index (χ2n) is 5.77. The molecule has 1 aromatic heterocycles. The summed E-state index contributed by atoms with van der Waals surface area (Å²) in [7, 11) is 0. The molecule has 1 aliphatic heterocycles. The molecule has 2 N–H and O–H groups in total. The molecule has 6 nitrogen and oxygen atoms in total. The second kappa shape index (κ2) is 7.06. The van der Waals surface area contributed by atoms with E-state index in [4.69, 9.17) is 5.73 Å². The van der Waals surface area contributed by atoms with Gasteiger partial charge in [0.25, 0.3) is 5.91 Å². The lowest BCUT2D eigenvalue weighted by atomic mass is 9.92. The van der Waals surface area contributed by atoms with Crippen LogP contribution in [0.15, 0.2) is 18.3 Å². The third-order valence-electron chi connectivity index (χ3n) is 3.91. The van der Waals surface area contributed by atoms with Crippen molar-refractivity contribution in [3.8, 4) is 5.88 Å². The van der Waals surface area contributed by atoms with E-state index >= 15 is 0 Å². The molecule has 0 aliphatic carbocycles. The Hall–Kier alpha value is -2.32. The normalized spacial score (nSPS) is 21.4. The number of aromatic nitrogens is 1. The van der Waals surface area contributed by atoms with Crippen LogP contribution in [0.4, 0.5) is 13.2 Å². The van der Waals surface area contributed by atoms with Gasteiger partial charge < -0.3 is 15.4 Å². The molecule has 2 rings (SSSR count). The molecule has 1 saturated heterocycles. The lowest BCUT2D eigenvalue weighted by Crippen LogP contribution is -2.48. The number of likely N-dealkylation sites (tertiary alicyclic amines) is 1. The highest BCUT2D eigenvalue weighted by Crippen LogP contribution is 2.24. The van der Waals surface area contributed by atoms with E-state index in [0.717, 1.165) is 6.20 Å². The number of carbonyl (C=O) groups is 2. The van der Waals surface area contributed by atoms with Crippen LogP contribution >= 0.6 is 0 Å². The molecule has 2 heterocycles. The van der Waals surface area contributed by atoms with Crippen molar-refractivity contribution in [3.05, 3.63) is 23.9 Å². The van der Waals surface area contributed by atoms with Gasteiger partial charge in [-0.25, -0.2) is 4.98 Å². The Morgan fingerprint density at radius 2 is 2.08 bits per heavy atom. The lowest BCUT2D eigenvalue weighted by molar-refractivity contribution is -0.154. The molecule has 2 atom stereocenters. The maximum absolute atomic E-state index is 12.5. The quantitative estimate of drug-likeness (QED) is 0.901. The average molecular weight is 345 g/mol. The molecule has 0 bridgehead atoms. The molecular weight excluding hydrogens is 327 g/mol. The maximum Gasteiger partial charge on any atom is 0.422 e. The number of hydrogen-bond acceptors (Lipinski definition) is 4. The summed E-state index contributed by atoms with van der Waals surface area (Å²) in [5, 5.41) is 0.